The van der Waals surface area contributed by atoms with Crippen molar-refractivity contribution in [2.24, 2.45) is 5.92 Å². The summed E-state index contributed by atoms with van der Waals surface area (Å²) in [5, 5.41) is 12.8. The van der Waals surface area contributed by atoms with E-state index in [9.17, 15) is 9.90 Å². The van der Waals surface area contributed by atoms with Gasteiger partial charge in [0.25, 0.3) is 5.91 Å². The predicted molar refractivity (Wildman–Crippen MR) is 77.0 cm³/mol. The summed E-state index contributed by atoms with van der Waals surface area (Å²) >= 11 is 0. The first-order valence-electron chi connectivity index (χ1n) is 6.84. The predicted octanol–water partition coefficient (Wildman–Crippen LogP) is 0.807. The molecule has 1 amide bonds. The van der Waals surface area contributed by atoms with Crippen molar-refractivity contribution >= 4 is 23.0 Å². The van der Waals surface area contributed by atoms with Gasteiger partial charge in [0, 0.05) is 19.2 Å². The standard InChI is InChI=1S/C14H19N3O3/c1-8-2-3-17(6-12(8)18)11-5-10-13(4-9(11)15)20-7-14(19)16-10/h4-5,8,12,18H,2-3,6-7,15H2,1H3,(H,16,19). The molecule has 0 saturated carbocycles. The molecule has 3 rings (SSSR count). The Kier molecular flexibility index (Phi) is 3.17. The number of nitrogens with two attached hydrogens (primary N) is 1. The van der Waals surface area contributed by atoms with Gasteiger partial charge in [0.1, 0.15) is 5.75 Å². The summed E-state index contributed by atoms with van der Waals surface area (Å²) in [7, 11) is 0. The number of hydrogen-bond acceptors (Lipinski definition) is 5. The molecule has 2 aliphatic heterocycles. The zero-order valence-corrected chi connectivity index (χ0v) is 11.4. The highest BCUT2D eigenvalue weighted by Crippen LogP contribution is 2.38. The van der Waals surface area contributed by atoms with Gasteiger partial charge in [-0.05, 0) is 18.4 Å². The van der Waals surface area contributed by atoms with E-state index in [1.54, 1.807) is 6.07 Å². The number of benzene rings is 1. The van der Waals surface area contributed by atoms with Crippen molar-refractivity contribution in [3.8, 4) is 5.75 Å². The summed E-state index contributed by atoms with van der Waals surface area (Å²) in [5.74, 6) is 0.727. The van der Waals surface area contributed by atoms with Gasteiger partial charge < -0.3 is 25.8 Å². The van der Waals surface area contributed by atoms with Gasteiger partial charge >= 0.3 is 0 Å². The molecule has 2 heterocycles. The molecule has 1 aromatic rings. The Morgan fingerprint density at radius 1 is 1.50 bits per heavy atom. The number of nitrogens with one attached hydrogen (secondary N) is 1. The number of anilines is 3. The van der Waals surface area contributed by atoms with E-state index in [0.717, 1.165) is 18.7 Å². The van der Waals surface area contributed by atoms with E-state index in [2.05, 4.69) is 10.2 Å². The molecule has 0 radical (unpaired) electrons. The van der Waals surface area contributed by atoms with Crippen LogP contribution in [0.5, 0.6) is 5.75 Å². The fourth-order valence-electron chi connectivity index (χ4n) is 2.67. The highest BCUT2D eigenvalue weighted by atomic mass is 16.5. The normalized spacial score (nSPS) is 25.7. The molecule has 2 aliphatic rings. The summed E-state index contributed by atoms with van der Waals surface area (Å²) < 4.78 is 5.34. The van der Waals surface area contributed by atoms with Crippen LogP contribution in [-0.4, -0.2) is 36.8 Å². The Morgan fingerprint density at radius 3 is 3.05 bits per heavy atom. The van der Waals surface area contributed by atoms with Crippen molar-refractivity contribution in [2.45, 2.75) is 19.4 Å². The van der Waals surface area contributed by atoms with Crippen LogP contribution in [0.4, 0.5) is 17.1 Å². The summed E-state index contributed by atoms with van der Waals surface area (Å²) in [4.78, 5) is 13.4. The largest absolute Gasteiger partial charge is 0.482 e. The van der Waals surface area contributed by atoms with Crippen LogP contribution in [0.3, 0.4) is 0 Å². The molecule has 1 aromatic carbocycles. The topological polar surface area (TPSA) is 87.8 Å². The number of amides is 1. The first-order chi connectivity index (χ1) is 9.54. The first-order valence-corrected chi connectivity index (χ1v) is 6.84. The van der Waals surface area contributed by atoms with Crippen LogP contribution in [-0.2, 0) is 4.79 Å². The SMILES string of the molecule is CC1CCN(c2cc3c(cc2N)OCC(=O)N3)CC1O. The van der Waals surface area contributed by atoms with Gasteiger partial charge in [0.05, 0.1) is 23.2 Å². The number of aliphatic hydroxyl groups excluding tert-OH is 1. The van der Waals surface area contributed by atoms with Gasteiger partial charge in [-0.3, -0.25) is 4.79 Å². The third-order valence-corrected chi connectivity index (χ3v) is 4.02. The quantitative estimate of drug-likeness (QED) is 0.661. The number of piperidine rings is 1. The van der Waals surface area contributed by atoms with Crippen LogP contribution in [0.2, 0.25) is 0 Å². The fraction of sp³-hybridized carbons (Fsp3) is 0.500. The fourth-order valence-corrected chi connectivity index (χ4v) is 2.67. The highest BCUT2D eigenvalue weighted by molar-refractivity contribution is 5.97. The van der Waals surface area contributed by atoms with Gasteiger partial charge in [-0.15, -0.1) is 0 Å². The molecule has 2 atom stereocenters. The monoisotopic (exact) mass is 277 g/mol. The molecule has 4 N–H and O–H groups in total. The number of nitrogens with zero attached hydrogens (tertiary/aromatic N) is 1. The molecule has 20 heavy (non-hydrogen) atoms. The minimum Gasteiger partial charge on any atom is -0.482 e. The third-order valence-electron chi connectivity index (χ3n) is 4.02. The lowest BCUT2D eigenvalue weighted by Gasteiger charge is -2.37. The number of carbonyl (C=O) groups is 1. The number of rotatable bonds is 1. The van der Waals surface area contributed by atoms with Crippen LogP contribution in [0.15, 0.2) is 12.1 Å². The number of β-amino-alcohol motifs (C(OH)–C–C–N with tert-alkyl or cyclic N) is 1. The molecule has 1 saturated heterocycles. The minimum atomic E-state index is -0.356. The van der Waals surface area contributed by atoms with Gasteiger partial charge in [-0.2, -0.15) is 0 Å². The van der Waals surface area contributed by atoms with Crippen molar-refractivity contribution in [3.63, 3.8) is 0 Å². The molecule has 0 spiro atoms. The van der Waals surface area contributed by atoms with E-state index in [4.69, 9.17) is 10.5 Å². The Labute approximate surface area is 117 Å². The van der Waals surface area contributed by atoms with Crippen LogP contribution in [0.1, 0.15) is 13.3 Å². The van der Waals surface area contributed by atoms with Crippen LogP contribution < -0.4 is 20.7 Å². The van der Waals surface area contributed by atoms with E-state index >= 15 is 0 Å². The van der Waals surface area contributed by atoms with Gasteiger partial charge in [-0.25, -0.2) is 0 Å². The lowest BCUT2D eigenvalue weighted by molar-refractivity contribution is -0.118. The van der Waals surface area contributed by atoms with Crippen molar-refractivity contribution in [1.29, 1.82) is 0 Å². The number of carbonyl (C=O) groups excluding carboxylic acids is 1. The average Bonchev–Trinajstić information content (AvgIpc) is 2.42. The van der Waals surface area contributed by atoms with Crippen LogP contribution in [0.25, 0.3) is 0 Å². The van der Waals surface area contributed by atoms with Crippen LogP contribution >= 0.6 is 0 Å². The van der Waals surface area contributed by atoms with E-state index in [1.807, 2.05) is 13.0 Å². The molecule has 2 unspecified atom stereocenters. The molecular weight excluding hydrogens is 258 g/mol. The highest BCUT2D eigenvalue weighted by Gasteiger charge is 2.27. The Hall–Kier alpha value is -1.95. The van der Waals surface area contributed by atoms with Crippen molar-refractivity contribution in [2.75, 3.05) is 35.6 Å². The summed E-state index contributed by atoms with van der Waals surface area (Å²) in [6.07, 6.45) is 0.561. The maximum absolute atomic E-state index is 11.4. The molecule has 108 valence electrons. The Balaban J connectivity index is 1.90. The summed E-state index contributed by atoms with van der Waals surface area (Å²) in [5.41, 5.74) is 8.14. The molecule has 0 aromatic heterocycles. The zero-order valence-electron chi connectivity index (χ0n) is 11.4. The maximum Gasteiger partial charge on any atom is 0.262 e. The van der Waals surface area contributed by atoms with Gasteiger partial charge in [0.15, 0.2) is 6.61 Å². The molecule has 0 aliphatic carbocycles. The van der Waals surface area contributed by atoms with Gasteiger partial charge in [-0.1, -0.05) is 6.92 Å². The number of hydrogen-bond donors (Lipinski definition) is 3. The maximum atomic E-state index is 11.4. The molecular formula is C14H19N3O3. The molecule has 0 bridgehead atoms. The number of nitrogen functional groups attached to an aromatic ring is 1. The lowest BCUT2D eigenvalue weighted by Crippen LogP contribution is -2.43. The zero-order chi connectivity index (χ0) is 14.3. The molecule has 6 heteroatoms. The summed E-state index contributed by atoms with van der Waals surface area (Å²) in [6.45, 7) is 3.47. The molecule has 1 fully saturated rings. The van der Waals surface area contributed by atoms with Crippen molar-refractivity contribution in [1.82, 2.24) is 0 Å². The second-order valence-electron chi connectivity index (χ2n) is 5.52. The average molecular weight is 277 g/mol. The number of ether oxygens (including phenoxy) is 1. The van der Waals surface area contributed by atoms with Crippen molar-refractivity contribution in [3.05, 3.63) is 12.1 Å². The first kappa shape index (κ1) is 13.1. The smallest absolute Gasteiger partial charge is 0.262 e. The second kappa shape index (κ2) is 4.86. The van der Waals surface area contributed by atoms with E-state index in [0.29, 0.717) is 29.6 Å². The Morgan fingerprint density at radius 2 is 2.30 bits per heavy atom. The van der Waals surface area contributed by atoms with Gasteiger partial charge in [0.2, 0.25) is 0 Å². The van der Waals surface area contributed by atoms with E-state index in [1.165, 1.54) is 0 Å². The molecule has 6 nitrogen and oxygen atoms in total. The summed E-state index contributed by atoms with van der Waals surface area (Å²) in [6, 6.07) is 3.55. The van der Waals surface area contributed by atoms with E-state index in [-0.39, 0.29) is 18.6 Å². The lowest BCUT2D eigenvalue weighted by atomic mass is 9.95. The van der Waals surface area contributed by atoms with Crippen molar-refractivity contribution < 1.29 is 14.6 Å². The minimum absolute atomic E-state index is 0.0196. The Bertz CT molecular complexity index is 547. The second-order valence-corrected chi connectivity index (χ2v) is 5.52. The number of fused-ring (bicyclic) bond motifs is 1. The van der Waals surface area contributed by atoms with E-state index < -0.39 is 0 Å². The number of aliphatic hydroxyl groups is 1. The van der Waals surface area contributed by atoms with Crippen LogP contribution in [0, 0.1) is 5.92 Å². The third kappa shape index (κ3) is 2.27.